The highest BCUT2D eigenvalue weighted by Crippen LogP contribution is 2.21. The van der Waals surface area contributed by atoms with E-state index in [2.05, 4.69) is 15.4 Å². The molecule has 6 heteroatoms. The Hall–Kier alpha value is -2.24. The molecule has 0 radical (unpaired) electrons. The van der Waals surface area contributed by atoms with Gasteiger partial charge < -0.3 is 21.1 Å². The maximum atomic E-state index is 11.3. The number of nitrogens with two attached hydrogens (primary N) is 1. The summed E-state index contributed by atoms with van der Waals surface area (Å²) in [6.07, 6.45) is 1.40. The molecule has 6 nitrogen and oxygen atoms in total. The van der Waals surface area contributed by atoms with Crippen molar-refractivity contribution in [3.8, 4) is 0 Å². The van der Waals surface area contributed by atoms with E-state index in [-0.39, 0.29) is 11.9 Å². The Bertz CT molecular complexity index is 502. The Balaban J connectivity index is 1.97. The number of amides is 1. The van der Waals surface area contributed by atoms with Crippen LogP contribution in [0.2, 0.25) is 0 Å². The quantitative estimate of drug-likeness (QED) is 0.550. The lowest BCUT2D eigenvalue weighted by Gasteiger charge is -2.14. The molecule has 1 atom stereocenters. The fraction of sp³-hybridized carbons (Fsp3) is 0.385. The highest BCUT2D eigenvalue weighted by Gasteiger charge is 2.20. The van der Waals surface area contributed by atoms with Crippen LogP contribution in [0.1, 0.15) is 23.2 Å². The average Bonchev–Trinajstić information content (AvgIpc) is 2.82. The van der Waals surface area contributed by atoms with Crippen LogP contribution in [0.5, 0.6) is 0 Å². The summed E-state index contributed by atoms with van der Waals surface area (Å²) in [4.78, 5) is 22.4. The number of benzene rings is 1. The lowest BCUT2D eigenvalue weighted by atomic mass is 10.1. The van der Waals surface area contributed by atoms with Crippen LogP contribution in [0.25, 0.3) is 0 Å². The van der Waals surface area contributed by atoms with Gasteiger partial charge in [0.15, 0.2) is 0 Å². The Labute approximate surface area is 111 Å². The second kappa shape index (κ2) is 5.60. The number of ether oxygens (including phenoxy) is 1. The molecule has 1 heterocycles. The molecule has 1 fully saturated rings. The van der Waals surface area contributed by atoms with Crippen LogP contribution in [-0.4, -0.2) is 31.6 Å². The Morgan fingerprint density at radius 2 is 2.37 bits per heavy atom. The summed E-state index contributed by atoms with van der Waals surface area (Å²) in [7, 11) is 1.33. The van der Waals surface area contributed by atoms with Crippen LogP contribution in [0.3, 0.4) is 0 Å². The van der Waals surface area contributed by atoms with Crippen LogP contribution in [0, 0.1) is 0 Å². The predicted octanol–water partition coefficient (Wildman–Crippen LogP) is 0.746. The molecule has 0 aromatic heterocycles. The summed E-state index contributed by atoms with van der Waals surface area (Å²) >= 11 is 0. The molecule has 1 unspecified atom stereocenters. The van der Waals surface area contributed by atoms with Crippen molar-refractivity contribution in [1.82, 2.24) is 5.32 Å². The van der Waals surface area contributed by atoms with Crippen molar-refractivity contribution in [3.63, 3.8) is 0 Å². The van der Waals surface area contributed by atoms with Crippen molar-refractivity contribution in [1.29, 1.82) is 0 Å². The topological polar surface area (TPSA) is 93.4 Å². The molecule has 1 aliphatic rings. The van der Waals surface area contributed by atoms with Gasteiger partial charge in [-0.05, 0) is 24.6 Å². The first-order chi connectivity index (χ1) is 9.10. The van der Waals surface area contributed by atoms with Gasteiger partial charge in [0, 0.05) is 19.0 Å². The molecular weight excluding hydrogens is 246 g/mol. The number of esters is 1. The summed E-state index contributed by atoms with van der Waals surface area (Å²) in [6.45, 7) is 0.619. The molecule has 1 aromatic carbocycles. The molecule has 1 saturated heterocycles. The van der Waals surface area contributed by atoms with Gasteiger partial charge in [-0.15, -0.1) is 0 Å². The van der Waals surface area contributed by atoms with Gasteiger partial charge in [-0.25, -0.2) is 4.79 Å². The Morgan fingerprint density at radius 3 is 2.95 bits per heavy atom. The Morgan fingerprint density at radius 1 is 1.58 bits per heavy atom. The third kappa shape index (κ3) is 3.15. The lowest BCUT2D eigenvalue weighted by Crippen LogP contribution is -2.31. The minimum absolute atomic E-state index is 0.0841. The Kier molecular flexibility index (Phi) is 3.89. The van der Waals surface area contributed by atoms with Crippen molar-refractivity contribution < 1.29 is 14.3 Å². The minimum atomic E-state index is -0.415. The maximum absolute atomic E-state index is 11.3. The second-order valence-corrected chi connectivity index (χ2v) is 4.48. The van der Waals surface area contributed by atoms with Gasteiger partial charge in [0.05, 0.1) is 24.0 Å². The molecule has 1 amide bonds. The number of anilines is 2. The third-order valence-electron chi connectivity index (χ3n) is 3.10. The minimum Gasteiger partial charge on any atom is -0.465 e. The zero-order valence-corrected chi connectivity index (χ0v) is 10.7. The van der Waals surface area contributed by atoms with E-state index in [1.807, 2.05) is 0 Å². The number of hydrogen-bond acceptors (Lipinski definition) is 5. The van der Waals surface area contributed by atoms with Crippen LogP contribution in [-0.2, 0) is 9.53 Å². The van der Waals surface area contributed by atoms with Gasteiger partial charge in [-0.1, -0.05) is 0 Å². The van der Waals surface area contributed by atoms with E-state index in [1.165, 1.54) is 7.11 Å². The van der Waals surface area contributed by atoms with E-state index >= 15 is 0 Å². The molecule has 102 valence electrons. The zero-order chi connectivity index (χ0) is 13.8. The summed E-state index contributed by atoms with van der Waals surface area (Å²) in [5.74, 6) is -0.331. The lowest BCUT2D eigenvalue weighted by molar-refractivity contribution is -0.119. The van der Waals surface area contributed by atoms with Gasteiger partial charge in [0.25, 0.3) is 0 Å². The van der Waals surface area contributed by atoms with Crippen LogP contribution in [0.4, 0.5) is 11.4 Å². The first kappa shape index (κ1) is 13.2. The number of carbonyl (C=O) groups is 2. The van der Waals surface area contributed by atoms with Gasteiger partial charge >= 0.3 is 5.97 Å². The number of carbonyl (C=O) groups excluding carboxylic acids is 2. The van der Waals surface area contributed by atoms with Gasteiger partial charge in [-0.3, -0.25) is 4.79 Å². The third-order valence-corrected chi connectivity index (χ3v) is 3.10. The summed E-state index contributed by atoms with van der Waals surface area (Å²) in [6, 6.07) is 5.09. The van der Waals surface area contributed by atoms with Gasteiger partial charge in [-0.2, -0.15) is 0 Å². The first-order valence-corrected chi connectivity index (χ1v) is 6.11. The fourth-order valence-electron chi connectivity index (χ4n) is 2.03. The van der Waals surface area contributed by atoms with Crippen molar-refractivity contribution in [3.05, 3.63) is 23.8 Å². The molecule has 0 spiro atoms. The maximum Gasteiger partial charge on any atom is 0.337 e. The monoisotopic (exact) mass is 263 g/mol. The smallest absolute Gasteiger partial charge is 0.337 e. The van der Waals surface area contributed by atoms with Crippen molar-refractivity contribution in [2.24, 2.45) is 0 Å². The van der Waals surface area contributed by atoms with Crippen LogP contribution < -0.4 is 16.4 Å². The van der Waals surface area contributed by atoms with E-state index in [9.17, 15) is 9.59 Å². The summed E-state index contributed by atoms with van der Waals surface area (Å²) in [5.41, 5.74) is 7.51. The molecule has 0 aliphatic carbocycles. The molecule has 19 heavy (non-hydrogen) atoms. The zero-order valence-electron chi connectivity index (χ0n) is 10.7. The normalized spacial score (nSPS) is 17.9. The van der Waals surface area contributed by atoms with Gasteiger partial charge in [0.2, 0.25) is 5.91 Å². The highest BCUT2D eigenvalue weighted by molar-refractivity contribution is 5.91. The molecule has 1 aliphatic heterocycles. The molecule has 2 rings (SSSR count). The summed E-state index contributed by atoms with van der Waals surface area (Å²) in [5, 5.41) is 6.03. The molecule has 4 N–H and O–H groups in total. The molecule has 1 aromatic rings. The van der Waals surface area contributed by atoms with E-state index in [4.69, 9.17) is 5.73 Å². The van der Waals surface area contributed by atoms with E-state index in [1.54, 1.807) is 18.2 Å². The van der Waals surface area contributed by atoms with Crippen LogP contribution >= 0.6 is 0 Å². The molecular formula is C13H17N3O3. The SMILES string of the molecule is COC(=O)c1ccc(NCC2CCC(=O)N2)c(N)c1. The number of methoxy groups -OCH3 is 1. The van der Waals surface area contributed by atoms with Crippen molar-refractivity contribution >= 4 is 23.3 Å². The van der Waals surface area contributed by atoms with Crippen molar-refractivity contribution in [2.45, 2.75) is 18.9 Å². The van der Waals surface area contributed by atoms with E-state index in [0.717, 1.165) is 12.1 Å². The number of nitrogen functional groups attached to an aromatic ring is 1. The second-order valence-electron chi connectivity index (χ2n) is 4.48. The van der Waals surface area contributed by atoms with Crippen molar-refractivity contribution in [2.75, 3.05) is 24.7 Å². The number of rotatable bonds is 4. The average molecular weight is 263 g/mol. The number of hydrogen-bond donors (Lipinski definition) is 3. The number of nitrogens with one attached hydrogen (secondary N) is 2. The van der Waals surface area contributed by atoms with Crippen LogP contribution in [0.15, 0.2) is 18.2 Å². The summed E-state index contributed by atoms with van der Waals surface area (Å²) < 4.78 is 4.62. The fourth-order valence-corrected chi connectivity index (χ4v) is 2.03. The predicted molar refractivity (Wildman–Crippen MR) is 71.8 cm³/mol. The van der Waals surface area contributed by atoms with E-state index in [0.29, 0.717) is 24.2 Å². The molecule has 0 saturated carbocycles. The largest absolute Gasteiger partial charge is 0.465 e. The first-order valence-electron chi connectivity index (χ1n) is 6.11. The van der Waals surface area contributed by atoms with E-state index < -0.39 is 5.97 Å². The standard InChI is InChI=1S/C13H17N3O3/c1-19-13(18)8-2-4-11(10(14)6-8)15-7-9-3-5-12(17)16-9/h2,4,6,9,15H,3,5,7,14H2,1H3,(H,16,17). The molecule has 0 bridgehead atoms. The highest BCUT2D eigenvalue weighted by atomic mass is 16.5. The van der Waals surface area contributed by atoms with Gasteiger partial charge in [0.1, 0.15) is 0 Å².